The van der Waals surface area contributed by atoms with Crippen LogP contribution >= 0.6 is 23.1 Å². The Morgan fingerprint density at radius 2 is 2.28 bits per heavy atom. The molecule has 2 heterocycles. The smallest absolute Gasteiger partial charge is 0.260 e. The van der Waals surface area contributed by atoms with E-state index in [-0.39, 0.29) is 5.56 Å². The maximum atomic E-state index is 12.6. The zero-order valence-corrected chi connectivity index (χ0v) is 15.6. The molecule has 5 nitrogen and oxygen atoms in total. The van der Waals surface area contributed by atoms with Crippen LogP contribution in [0.2, 0.25) is 0 Å². The number of aryl methyl sites for hydroxylation is 1. The maximum Gasteiger partial charge on any atom is 0.260 e. The highest BCUT2D eigenvalue weighted by atomic mass is 32.2. The first-order valence-corrected chi connectivity index (χ1v) is 9.67. The summed E-state index contributed by atoms with van der Waals surface area (Å²) in [4.78, 5) is 20.7. The number of hydrogen-bond acceptors (Lipinski definition) is 6. The SMILES string of the molecule is COc1ccc(-c2csc3nc(SCCCC#N)[nH]c(=O)c23)cc1C. The van der Waals surface area contributed by atoms with E-state index in [1.165, 1.54) is 23.1 Å². The highest BCUT2D eigenvalue weighted by Crippen LogP contribution is 2.33. The van der Waals surface area contributed by atoms with E-state index in [4.69, 9.17) is 10.00 Å². The number of methoxy groups -OCH3 is 1. The van der Waals surface area contributed by atoms with Crippen LogP contribution < -0.4 is 10.3 Å². The summed E-state index contributed by atoms with van der Waals surface area (Å²) in [6.45, 7) is 1.98. The zero-order chi connectivity index (χ0) is 17.8. The number of unbranched alkanes of at least 4 members (excludes halogenated alkanes) is 1. The minimum atomic E-state index is -0.127. The van der Waals surface area contributed by atoms with Crippen molar-refractivity contribution >= 4 is 33.3 Å². The van der Waals surface area contributed by atoms with Gasteiger partial charge in [-0.2, -0.15) is 5.26 Å². The molecule has 0 bridgehead atoms. The fourth-order valence-electron chi connectivity index (χ4n) is 2.58. The van der Waals surface area contributed by atoms with Gasteiger partial charge in [-0.15, -0.1) is 11.3 Å². The third kappa shape index (κ3) is 3.70. The molecule has 0 saturated heterocycles. The number of H-pyrrole nitrogens is 1. The first kappa shape index (κ1) is 17.5. The molecule has 25 heavy (non-hydrogen) atoms. The molecule has 0 atom stereocenters. The Morgan fingerprint density at radius 3 is 3.00 bits per heavy atom. The van der Waals surface area contributed by atoms with Gasteiger partial charge in [0.1, 0.15) is 10.6 Å². The Hall–Kier alpha value is -2.30. The van der Waals surface area contributed by atoms with Crippen molar-refractivity contribution in [2.24, 2.45) is 0 Å². The number of thiophene rings is 1. The summed E-state index contributed by atoms with van der Waals surface area (Å²) >= 11 is 2.94. The van der Waals surface area contributed by atoms with Crippen molar-refractivity contribution < 1.29 is 4.74 Å². The van der Waals surface area contributed by atoms with E-state index in [2.05, 4.69) is 16.0 Å². The van der Waals surface area contributed by atoms with Crippen LogP contribution in [0.15, 0.2) is 33.5 Å². The van der Waals surface area contributed by atoms with E-state index < -0.39 is 0 Å². The summed E-state index contributed by atoms with van der Waals surface area (Å²) in [6, 6.07) is 8.00. The van der Waals surface area contributed by atoms with Gasteiger partial charge in [-0.05, 0) is 36.6 Å². The number of nitriles is 1. The number of ether oxygens (including phenoxy) is 1. The lowest BCUT2D eigenvalue weighted by Gasteiger charge is -2.07. The van der Waals surface area contributed by atoms with Gasteiger partial charge >= 0.3 is 0 Å². The van der Waals surface area contributed by atoms with Crippen molar-refractivity contribution in [3.63, 3.8) is 0 Å². The molecule has 0 aliphatic carbocycles. The van der Waals surface area contributed by atoms with E-state index in [0.29, 0.717) is 17.0 Å². The van der Waals surface area contributed by atoms with Crippen LogP contribution in [0, 0.1) is 18.3 Å². The Morgan fingerprint density at radius 1 is 1.44 bits per heavy atom. The van der Waals surface area contributed by atoms with Gasteiger partial charge < -0.3 is 9.72 Å². The van der Waals surface area contributed by atoms with Gasteiger partial charge in [0.25, 0.3) is 5.56 Å². The fourth-order valence-corrected chi connectivity index (χ4v) is 4.38. The number of hydrogen-bond donors (Lipinski definition) is 1. The standard InChI is InChI=1S/C18H17N3O2S2/c1-11-9-12(5-6-14(11)23-2)13-10-25-17-15(13)16(22)20-18(21-17)24-8-4-3-7-19/h5-6,9-10H,3-4,8H2,1-2H3,(H,20,21,22). The molecule has 0 fully saturated rings. The predicted octanol–water partition coefficient (Wildman–Crippen LogP) is 4.36. The monoisotopic (exact) mass is 371 g/mol. The number of nitrogens with zero attached hydrogens (tertiary/aromatic N) is 2. The highest BCUT2D eigenvalue weighted by molar-refractivity contribution is 7.99. The molecule has 7 heteroatoms. The Balaban J connectivity index is 1.95. The molecule has 1 N–H and O–H groups in total. The lowest BCUT2D eigenvalue weighted by Crippen LogP contribution is -2.08. The molecular formula is C18H17N3O2S2. The zero-order valence-electron chi connectivity index (χ0n) is 14.0. The van der Waals surface area contributed by atoms with E-state index in [1.807, 2.05) is 30.5 Å². The van der Waals surface area contributed by atoms with Crippen molar-refractivity contribution in [1.82, 2.24) is 9.97 Å². The minimum Gasteiger partial charge on any atom is -0.496 e. The molecule has 0 saturated carbocycles. The lowest BCUT2D eigenvalue weighted by atomic mass is 10.0. The maximum absolute atomic E-state index is 12.6. The second kappa shape index (κ2) is 7.72. The van der Waals surface area contributed by atoms with Gasteiger partial charge in [-0.25, -0.2) is 4.98 Å². The summed E-state index contributed by atoms with van der Waals surface area (Å²) < 4.78 is 5.30. The molecule has 0 spiro atoms. The minimum absolute atomic E-state index is 0.127. The van der Waals surface area contributed by atoms with Crippen LogP contribution in [-0.2, 0) is 0 Å². The van der Waals surface area contributed by atoms with E-state index in [1.54, 1.807) is 7.11 Å². The van der Waals surface area contributed by atoms with Crippen LogP contribution in [-0.4, -0.2) is 22.8 Å². The molecule has 0 unspecified atom stereocenters. The largest absolute Gasteiger partial charge is 0.496 e. The van der Waals surface area contributed by atoms with Crippen molar-refractivity contribution in [2.45, 2.75) is 24.9 Å². The van der Waals surface area contributed by atoms with E-state index in [0.717, 1.165) is 39.4 Å². The van der Waals surface area contributed by atoms with Gasteiger partial charge in [0.05, 0.1) is 18.6 Å². The van der Waals surface area contributed by atoms with E-state index >= 15 is 0 Å². The molecule has 0 aliphatic rings. The molecular weight excluding hydrogens is 354 g/mol. The Kier molecular flexibility index (Phi) is 5.41. The van der Waals surface area contributed by atoms with Gasteiger partial charge in [0.15, 0.2) is 5.16 Å². The van der Waals surface area contributed by atoms with Crippen LogP contribution in [0.3, 0.4) is 0 Å². The van der Waals surface area contributed by atoms with Gasteiger partial charge in [0.2, 0.25) is 0 Å². The second-order valence-corrected chi connectivity index (χ2v) is 7.44. The number of nitrogens with one attached hydrogen (secondary N) is 1. The van der Waals surface area contributed by atoms with Gasteiger partial charge in [-0.3, -0.25) is 4.79 Å². The van der Waals surface area contributed by atoms with Crippen LogP contribution in [0.25, 0.3) is 21.3 Å². The topological polar surface area (TPSA) is 78.8 Å². The van der Waals surface area contributed by atoms with Gasteiger partial charge in [-0.1, -0.05) is 17.8 Å². The van der Waals surface area contributed by atoms with Crippen molar-refractivity contribution in [2.75, 3.05) is 12.9 Å². The molecule has 1 aromatic carbocycles. The lowest BCUT2D eigenvalue weighted by molar-refractivity contribution is 0.412. The van der Waals surface area contributed by atoms with Crippen LogP contribution in [0.1, 0.15) is 18.4 Å². The molecule has 3 aromatic rings. The summed E-state index contributed by atoms with van der Waals surface area (Å²) in [5.41, 5.74) is 2.76. The third-order valence-corrected chi connectivity index (χ3v) is 5.63. The summed E-state index contributed by atoms with van der Waals surface area (Å²) in [5.74, 6) is 1.59. The van der Waals surface area contributed by atoms with Crippen molar-refractivity contribution in [3.8, 4) is 22.9 Å². The van der Waals surface area contributed by atoms with Crippen LogP contribution in [0.5, 0.6) is 5.75 Å². The molecule has 3 rings (SSSR count). The molecule has 0 amide bonds. The Bertz CT molecular complexity index is 1000. The number of fused-ring (bicyclic) bond motifs is 1. The number of aromatic amines is 1. The number of thioether (sulfide) groups is 1. The fraction of sp³-hybridized carbons (Fsp3) is 0.278. The number of rotatable bonds is 6. The second-order valence-electron chi connectivity index (χ2n) is 5.50. The molecule has 0 aliphatic heterocycles. The summed E-state index contributed by atoms with van der Waals surface area (Å²) in [7, 11) is 1.65. The van der Waals surface area contributed by atoms with E-state index in [9.17, 15) is 4.79 Å². The third-order valence-electron chi connectivity index (χ3n) is 3.80. The van der Waals surface area contributed by atoms with Crippen molar-refractivity contribution in [1.29, 1.82) is 5.26 Å². The number of benzene rings is 1. The Labute approximate surface area is 153 Å². The average molecular weight is 371 g/mol. The first-order valence-electron chi connectivity index (χ1n) is 7.80. The summed E-state index contributed by atoms with van der Waals surface area (Å²) in [5, 5.41) is 11.8. The normalized spacial score (nSPS) is 10.8. The summed E-state index contributed by atoms with van der Waals surface area (Å²) in [6.07, 6.45) is 1.29. The molecule has 128 valence electrons. The van der Waals surface area contributed by atoms with Crippen molar-refractivity contribution in [3.05, 3.63) is 39.5 Å². The molecule has 0 radical (unpaired) electrons. The molecule has 2 aromatic heterocycles. The average Bonchev–Trinajstić information content (AvgIpc) is 3.03. The van der Waals surface area contributed by atoms with Crippen LogP contribution in [0.4, 0.5) is 0 Å². The highest BCUT2D eigenvalue weighted by Gasteiger charge is 2.14. The number of aromatic nitrogens is 2. The van der Waals surface area contributed by atoms with Gasteiger partial charge in [0, 0.05) is 23.1 Å². The predicted molar refractivity (Wildman–Crippen MR) is 103 cm³/mol. The first-order chi connectivity index (χ1) is 12.1. The quantitative estimate of drug-likeness (QED) is 0.395.